The van der Waals surface area contributed by atoms with Crippen molar-refractivity contribution >= 4 is 51.4 Å². The molecule has 0 bridgehead atoms. The lowest BCUT2D eigenvalue weighted by Gasteiger charge is -2.12. The van der Waals surface area contributed by atoms with Crippen LogP contribution in [0.15, 0.2) is 64.5 Å². The van der Waals surface area contributed by atoms with Gasteiger partial charge in [-0.1, -0.05) is 41.9 Å². The fourth-order valence-electron chi connectivity index (χ4n) is 2.45. The minimum atomic E-state index is -3.23. The second-order valence-electron chi connectivity index (χ2n) is 5.79. The second-order valence-corrected chi connectivity index (χ2v) is 8.34. The highest BCUT2D eigenvalue weighted by molar-refractivity contribution is 14.0. The minimum Gasteiger partial charge on any atom is -0.356 e. The third-order valence-electron chi connectivity index (χ3n) is 3.80. The highest BCUT2D eigenvalue weighted by Gasteiger charge is 2.13. The fraction of sp³-hybridized carbons (Fsp3) is 0.316. The summed E-state index contributed by atoms with van der Waals surface area (Å²) in [4.78, 5) is 4.51. The lowest BCUT2D eigenvalue weighted by Crippen LogP contribution is -2.39. The molecule has 8 heteroatoms. The van der Waals surface area contributed by atoms with Crippen molar-refractivity contribution in [3.63, 3.8) is 0 Å². The molecule has 0 heterocycles. The Hall–Kier alpha value is -1.32. The van der Waals surface area contributed by atoms with E-state index in [9.17, 15) is 8.42 Å². The molecule has 0 aliphatic rings. The molecule has 5 nitrogen and oxygen atoms in total. The van der Waals surface area contributed by atoms with Gasteiger partial charge in [0, 0.05) is 25.2 Å². The van der Waals surface area contributed by atoms with E-state index in [2.05, 4.69) is 15.6 Å². The summed E-state index contributed by atoms with van der Waals surface area (Å²) in [5, 5.41) is 7.08. The molecule has 2 N–H and O–H groups in total. The molecular formula is C19H25ClIN3O2S. The Kier molecular flexibility index (Phi) is 10.7. The van der Waals surface area contributed by atoms with Crippen molar-refractivity contribution in [3.8, 4) is 0 Å². The van der Waals surface area contributed by atoms with Gasteiger partial charge in [-0.15, -0.1) is 24.0 Å². The maximum Gasteiger partial charge on any atom is 0.190 e. The van der Waals surface area contributed by atoms with Crippen LogP contribution in [0.25, 0.3) is 0 Å². The van der Waals surface area contributed by atoms with Crippen LogP contribution in [0.4, 0.5) is 0 Å². The molecule has 2 rings (SSSR count). The summed E-state index contributed by atoms with van der Waals surface area (Å²) in [6.45, 7) is 1.24. The highest BCUT2D eigenvalue weighted by atomic mass is 127. The molecule has 0 aliphatic carbocycles. The van der Waals surface area contributed by atoms with E-state index in [4.69, 9.17) is 11.6 Å². The quantitative estimate of drug-likeness (QED) is 0.241. The van der Waals surface area contributed by atoms with Gasteiger partial charge >= 0.3 is 0 Å². The first-order valence-corrected chi connectivity index (χ1v) is 10.5. The predicted octanol–water partition coefficient (Wildman–Crippen LogP) is 3.53. The number of nitrogens with one attached hydrogen (secondary N) is 2. The van der Waals surface area contributed by atoms with Crippen molar-refractivity contribution in [2.75, 3.05) is 25.9 Å². The topological polar surface area (TPSA) is 70.6 Å². The number of halogens is 2. The summed E-state index contributed by atoms with van der Waals surface area (Å²) in [6, 6.07) is 16.3. The summed E-state index contributed by atoms with van der Waals surface area (Å²) in [7, 11) is -1.54. The normalized spacial score (nSPS) is 11.6. The number of nitrogens with zero attached hydrogens (tertiary/aromatic N) is 1. The third kappa shape index (κ3) is 8.49. The zero-order valence-corrected chi connectivity index (χ0v) is 19.1. The van der Waals surface area contributed by atoms with Crippen LogP contribution in [0.1, 0.15) is 12.0 Å². The number of benzene rings is 2. The number of rotatable bonds is 8. The van der Waals surface area contributed by atoms with Crippen LogP contribution in [0.2, 0.25) is 5.02 Å². The Morgan fingerprint density at radius 1 is 1.04 bits per heavy atom. The van der Waals surface area contributed by atoms with Crippen molar-refractivity contribution in [1.82, 2.24) is 10.6 Å². The molecule has 0 spiro atoms. The van der Waals surface area contributed by atoms with Crippen LogP contribution in [0.5, 0.6) is 0 Å². The molecule has 148 valence electrons. The first kappa shape index (κ1) is 23.7. The number of sulfone groups is 1. The van der Waals surface area contributed by atoms with Gasteiger partial charge in [0.2, 0.25) is 0 Å². The van der Waals surface area contributed by atoms with E-state index in [1.54, 1.807) is 37.4 Å². The summed E-state index contributed by atoms with van der Waals surface area (Å²) in [6.07, 6.45) is 1.33. The number of guanidine groups is 1. The lowest BCUT2D eigenvalue weighted by atomic mass is 10.1. The van der Waals surface area contributed by atoms with Gasteiger partial charge in [-0.25, -0.2) is 8.42 Å². The molecule has 27 heavy (non-hydrogen) atoms. The van der Waals surface area contributed by atoms with Gasteiger partial charge in [0.1, 0.15) is 0 Å². The summed E-state index contributed by atoms with van der Waals surface area (Å²) in [5.74, 6) is 0.757. The number of aliphatic imine (C=N–C) groups is 1. The number of hydrogen-bond donors (Lipinski definition) is 2. The molecular weight excluding hydrogens is 497 g/mol. The SMILES string of the molecule is CN=C(NCCCS(=O)(=O)c1ccccc1)NCCc1cccc(Cl)c1.I. The van der Waals surface area contributed by atoms with Gasteiger partial charge in [0.05, 0.1) is 10.6 Å². The average Bonchev–Trinajstić information content (AvgIpc) is 2.64. The van der Waals surface area contributed by atoms with Crippen LogP contribution in [0, 0.1) is 0 Å². The van der Waals surface area contributed by atoms with E-state index in [1.165, 1.54) is 0 Å². The molecule has 0 fully saturated rings. The summed E-state index contributed by atoms with van der Waals surface area (Å²) in [5.41, 5.74) is 1.15. The van der Waals surface area contributed by atoms with Gasteiger partial charge in [0.25, 0.3) is 0 Å². The van der Waals surface area contributed by atoms with E-state index in [0.29, 0.717) is 30.4 Å². The molecule has 0 aromatic heterocycles. The monoisotopic (exact) mass is 521 g/mol. The van der Waals surface area contributed by atoms with E-state index in [-0.39, 0.29) is 29.7 Å². The van der Waals surface area contributed by atoms with Gasteiger partial charge in [-0.2, -0.15) is 0 Å². The Labute approximate surface area is 183 Å². The van der Waals surface area contributed by atoms with Crippen LogP contribution >= 0.6 is 35.6 Å². The zero-order chi connectivity index (χ0) is 18.8. The number of hydrogen-bond acceptors (Lipinski definition) is 3. The summed E-state index contributed by atoms with van der Waals surface area (Å²) >= 11 is 5.97. The average molecular weight is 522 g/mol. The maximum absolute atomic E-state index is 12.2. The molecule has 0 amide bonds. The molecule has 2 aromatic carbocycles. The van der Waals surface area contributed by atoms with E-state index >= 15 is 0 Å². The van der Waals surface area contributed by atoms with Crippen LogP contribution in [-0.2, 0) is 16.3 Å². The smallest absolute Gasteiger partial charge is 0.190 e. The van der Waals surface area contributed by atoms with Crippen LogP contribution < -0.4 is 10.6 Å². The van der Waals surface area contributed by atoms with Gasteiger partial charge in [0.15, 0.2) is 15.8 Å². The second kappa shape index (κ2) is 12.2. The Morgan fingerprint density at radius 3 is 2.41 bits per heavy atom. The molecule has 0 saturated heterocycles. The lowest BCUT2D eigenvalue weighted by molar-refractivity contribution is 0.592. The molecule has 2 aromatic rings. The predicted molar refractivity (Wildman–Crippen MR) is 123 cm³/mol. The zero-order valence-electron chi connectivity index (χ0n) is 15.2. The summed E-state index contributed by atoms with van der Waals surface area (Å²) < 4.78 is 24.4. The molecule has 0 aliphatic heterocycles. The van der Waals surface area contributed by atoms with E-state index in [1.807, 2.05) is 24.3 Å². The third-order valence-corrected chi connectivity index (χ3v) is 5.85. The van der Waals surface area contributed by atoms with E-state index in [0.717, 1.165) is 17.0 Å². The van der Waals surface area contributed by atoms with Crippen LogP contribution in [-0.4, -0.2) is 40.3 Å². The van der Waals surface area contributed by atoms with Gasteiger partial charge in [-0.3, -0.25) is 4.99 Å². The van der Waals surface area contributed by atoms with Crippen LogP contribution in [0.3, 0.4) is 0 Å². The van der Waals surface area contributed by atoms with Crippen molar-refractivity contribution in [2.24, 2.45) is 4.99 Å². The van der Waals surface area contributed by atoms with E-state index < -0.39 is 9.84 Å². The minimum absolute atomic E-state index is 0. The largest absolute Gasteiger partial charge is 0.356 e. The maximum atomic E-state index is 12.2. The van der Waals surface area contributed by atoms with Crippen molar-refractivity contribution in [3.05, 3.63) is 65.2 Å². The highest BCUT2D eigenvalue weighted by Crippen LogP contribution is 2.11. The fourth-order valence-corrected chi connectivity index (χ4v) is 4.00. The van der Waals surface area contributed by atoms with Crippen molar-refractivity contribution in [1.29, 1.82) is 0 Å². The molecule has 0 unspecified atom stereocenters. The van der Waals surface area contributed by atoms with Crippen molar-refractivity contribution in [2.45, 2.75) is 17.7 Å². The Bertz CT molecular complexity index is 830. The van der Waals surface area contributed by atoms with Crippen molar-refractivity contribution < 1.29 is 8.42 Å². The first-order chi connectivity index (χ1) is 12.5. The van der Waals surface area contributed by atoms with Gasteiger partial charge < -0.3 is 10.6 Å². The Morgan fingerprint density at radius 2 is 1.74 bits per heavy atom. The molecule has 0 saturated carbocycles. The Balaban J connectivity index is 0.00000364. The van der Waals surface area contributed by atoms with Gasteiger partial charge in [-0.05, 0) is 42.7 Å². The standard InChI is InChI=1S/C19H24ClN3O2S.HI/c1-21-19(23-13-11-16-7-5-8-17(20)15-16)22-12-6-14-26(24,25)18-9-3-2-4-10-18;/h2-5,7-10,15H,6,11-14H2,1H3,(H2,21,22,23);1H. The molecule has 0 atom stereocenters. The molecule has 0 radical (unpaired) electrons. The first-order valence-electron chi connectivity index (χ1n) is 8.48.